The molecule has 7 nitrogen and oxygen atoms in total. The van der Waals surface area contributed by atoms with Gasteiger partial charge in [-0.05, 0) is 54.1 Å². The molecule has 0 radical (unpaired) electrons. The summed E-state index contributed by atoms with van der Waals surface area (Å²) >= 11 is 1.45. The van der Waals surface area contributed by atoms with Gasteiger partial charge in [0.25, 0.3) is 5.91 Å². The third-order valence-electron chi connectivity index (χ3n) is 6.57. The Morgan fingerprint density at radius 2 is 1.89 bits per heavy atom. The summed E-state index contributed by atoms with van der Waals surface area (Å²) in [6, 6.07) is 17.5. The topological polar surface area (TPSA) is 70.1 Å². The maximum atomic E-state index is 13.6. The molecule has 2 aromatic carbocycles. The molecule has 1 amide bonds. The number of pyridine rings is 1. The number of thiophene rings is 1. The lowest BCUT2D eigenvalue weighted by atomic mass is 10.0. The van der Waals surface area contributed by atoms with Crippen LogP contribution in [0.2, 0.25) is 0 Å². The van der Waals surface area contributed by atoms with Crippen molar-refractivity contribution in [1.29, 1.82) is 0 Å². The van der Waals surface area contributed by atoms with E-state index in [0.29, 0.717) is 29.5 Å². The Labute approximate surface area is 220 Å². The Kier molecular flexibility index (Phi) is 7.58. The van der Waals surface area contributed by atoms with Gasteiger partial charge in [0.15, 0.2) is 11.5 Å². The van der Waals surface area contributed by atoms with E-state index in [1.807, 2.05) is 58.8 Å². The molecule has 1 atom stereocenters. The van der Waals surface area contributed by atoms with Gasteiger partial charge >= 0.3 is 0 Å². The van der Waals surface area contributed by atoms with Crippen LogP contribution in [0.4, 0.5) is 0 Å². The van der Waals surface area contributed by atoms with E-state index in [2.05, 4.69) is 6.07 Å². The predicted octanol–water partition coefficient (Wildman–Crippen LogP) is 5.81. The van der Waals surface area contributed by atoms with Crippen LogP contribution < -0.4 is 14.2 Å². The molecule has 0 bridgehead atoms. The van der Waals surface area contributed by atoms with Crippen LogP contribution in [-0.2, 0) is 11.3 Å². The van der Waals surface area contributed by atoms with Gasteiger partial charge in [-0.15, -0.1) is 11.3 Å². The smallest absolute Gasteiger partial charge is 0.264 e. The number of carbonyl (C=O) groups is 1. The maximum Gasteiger partial charge on any atom is 0.264 e. The van der Waals surface area contributed by atoms with Crippen LogP contribution in [0.15, 0.2) is 60.0 Å². The minimum Gasteiger partial charge on any atom is -0.497 e. The molecule has 3 heterocycles. The molecule has 8 heteroatoms. The van der Waals surface area contributed by atoms with Gasteiger partial charge in [0.05, 0.1) is 43.5 Å². The monoisotopic (exact) mass is 518 g/mol. The van der Waals surface area contributed by atoms with E-state index < -0.39 is 0 Å². The highest BCUT2D eigenvalue weighted by atomic mass is 32.1. The normalized spacial score (nSPS) is 15.1. The Morgan fingerprint density at radius 3 is 2.59 bits per heavy atom. The largest absolute Gasteiger partial charge is 0.497 e. The van der Waals surface area contributed by atoms with Crippen molar-refractivity contribution in [1.82, 2.24) is 9.88 Å². The quantitative estimate of drug-likeness (QED) is 0.279. The van der Waals surface area contributed by atoms with Gasteiger partial charge in [0, 0.05) is 36.7 Å². The first-order valence-corrected chi connectivity index (χ1v) is 13.1. The molecule has 192 valence electrons. The number of hydrogen-bond donors (Lipinski definition) is 0. The average molecular weight is 519 g/mol. The van der Waals surface area contributed by atoms with Gasteiger partial charge < -0.3 is 23.8 Å². The van der Waals surface area contributed by atoms with E-state index in [4.69, 9.17) is 23.9 Å². The summed E-state index contributed by atoms with van der Waals surface area (Å²) in [4.78, 5) is 21.2. The van der Waals surface area contributed by atoms with Crippen molar-refractivity contribution in [3.8, 4) is 28.5 Å². The summed E-state index contributed by atoms with van der Waals surface area (Å²) in [7, 11) is 4.87. The third kappa shape index (κ3) is 5.40. The average Bonchev–Trinajstić information content (AvgIpc) is 3.66. The predicted molar refractivity (Wildman–Crippen MR) is 145 cm³/mol. The van der Waals surface area contributed by atoms with E-state index >= 15 is 0 Å². The van der Waals surface area contributed by atoms with Gasteiger partial charge in [-0.25, -0.2) is 4.98 Å². The van der Waals surface area contributed by atoms with Crippen LogP contribution in [0, 0.1) is 0 Å². The second-order valence-corrected chi connectivity index (χ2v) is 9.87. The van der Waals surface area contributed by atoms with Crippen molar-refractivity contribution < 1.29 is 23.7 Å². The Balaban J connectivity index is 1.62. The zero-order valence-corrected chi connectivity index (χ0v) is 22.0. The zero-order valence-electron chi connectivity index (χ0n) is 21.2. The summed E-state index contributed by atoms with van der Waals surface area (Å²) in [6.45, 7) is 1.65. The minimum absolute atomic E-state index is 0.00509. The third-order valence-corrected chi connectivity index (χ3v) is 7.43. The number of methoxy groups -OCH3 is 3. The fourth-order valence-electron chi connectivity index (χ4n) is 4.70. The van der Waals surface area contributed by atoms with Crippen LogP contribution in [0.3, 0.4) is 0 Å². The lowest BCUT2D eigenvalue weighted by Gasteiger charge is -2.26. The van der Waals surface area contributed by atoms with Crippen LogP contribution >= 0.6 is 11.3 Å². The summed E-state index contributed by atoms with van der Waals surface area (Å²) < 4.78 is 22.4. The van der Waals surface area contributed by atoms with E-state index in [0.717, 1.165) is 52.9 Å². The van der Waals surface area contributed by atoms with Gasteiger partial charge in [-0.1, -0.05) is 18.2 Å². The molecular weight excluding hydrogens is 488 g/mol. The molecule has 37 heavy (non-hydrogen) atoms. The van der Waals surface area contributed by atoms with E-state index in [-0.39, 0.29) is 12.0 Å². The van der Waals surface area contributed by atoms with Crippen molar-refractivity contribution in [2.75, 3.05) is 34.5 Å². The number of benzene rings is 2. The molecule has 0 spiro atoms. The molecule has 0 N–H and O–H groups in total. The van der Waals surface area contributed by atoms with Crippen LogP contribution in [0.1, 0.15) is 28.1 Å². The molecule has 2 aromatic heterocycles. The summed E-state index contributed by atoms with van der Waals surface area (Å²) in [5.74, 6) is 1.97. The fourth-order valence-corrected chi connectivity index (χ4v) is 5.39. The summed E-state index contributed by atoms with van der Waals surface area (Å²) in [5, 5.41) is 2.83. The van der Waals surface area contributed by atoms with E-state index in [1.54, 1.807) is 21.3 Å². The highest BCUT2D eigenvalue weighted by Crippen LogP contribution is 2.35. The summed E-state index contributed by atoms with van der Waals surface area (Å²) in [5.41, 5.74) is 3.40. The molecule has 1 aliphatic heterocycles. The number of amides is 1. The number of nitrogens with zero attached hydrogens (tertiary/aromatic N) is 2. The second kappa shape index (κ2) is 11.2. The lowest BCUT2D eigenvalue weighted by Crippen LogP contribution is -2.36. The molecule has 0 unspecified atom stereocenters. The lowest BCUT2D eigenvalue weighted by molar-refractivity contribution is 0.0511. The van der Waals surface area contributed by atoms with Crippen molar-refractivity contribution in [3.05, 3.63) is 70.4 Å². The Bertz CT molecular complexity index is 1380. The molecule has 1 fully saturated rings. The first-order chi connectivity index (χ1) is 18.1. The molecule has 5 rings (SSSR count). The first kappa shape index (κ1) is 25.0. The molecule has 0 aliphatic carbocycles. The Morgan fingerprint density at radius 1 is 1.05 bits per heavy atom. The summed E-state index contributed by atoms with van der Waals surface area (Å²) in [6.07, 6.45) is 1.99. The van der Waals surface area contributed by atoms with Crippen LogP contribution in [0.5, 0.6) is 17.2 Å². The number of fused-ring (bicyclic) bond motifs is 1. The van der Waals surface area contributed by atoms with Crippen molar-refractivity contribution >= 4 is 28.1 Å². The van der Waals surface area contributed by atoms with E-state index in [9.17, 15) is 4.79 Å². The van der Waals surface area contributed by atoms with E-state index in [1.165, 1.54) is 11.3 Å². The van der Waals surface area contributed by atoms with Crippen LogP contribution in [-0.4, -0.2) is 56.4 Å². The molecule has 4 aromatic rings. The molecular formula is C29H30N2O5S. The maximum absolute atomic E-state index is 13.6. The van der Waals surface area contributed by atoms with Crippen molar-refractivity contribution in [2.45, 2.75) is 25.5 Å². The van der Waals surface area contributed by atoms with Crippen molar-refractivity contribution in [2.24, 2.45) is 0 Å². The van der Waals surface area contributed by atoms with Crippen molar-refractivity contribution in [3.63, 3.8) is 0 Å². The fraction of sp³-hybridized carbons (Fsp3) is 0.310. The highest BCUT2D eigenvalue weighted by molar-refractivity contribution is 7.12. The zero-order chi connectivity index (χ0) is 25.8. The highest BCUT2D eigenvalue weighted by Gasteiger charge is 2.26. The number of rotatable bonds is 9. The molecule has 1 saturated heterocycles. The Hall–Kier alpha value is -3.62. The standard InChI is InChI=1S/C29H30N2O5S/c1-33-22-8-4-7-19(14-22)28-21(13-20-15-25(34-2)26(35-3)16-24(20)30-28)17-31(18-23-9-5-11-36-23)29(32)27-10-6-12-37-27/h4,6-8,10,12-16,23H,5,9,11,17-18H2,1-3H3/t23-/m0/s1. The van der Waals surface area contributed by atoms with Gasteiger partial charge in [0.1, 0.15) is 5.75 Å². The number of hydrogen-bond acceptors (Lipinski definition) is 7. The van der Waals surface area contributed by atoms with Gasteiger partial charge in [0.2, 0.25) is 0 Å². The SMILES string of the molecule is COc1cccc(-c2nc3cc(OC)c(OC)cc3cc2CN(C[C@@H]2CCCO2)C(=O)c2cccs2)c1. The number of ether oxygens (including phenoxy) is 4. The number of aromatic nitrogens is 1. The first-order valence-electron chi connectivity index (χ1n) is 12.2. The van der Waals surface area contributed by atoms with Gasteiger partial charge in [-0.3, -0.25) is 4.79 Å². The second-order valence-electron chi connectivity index (χ2n) is 8.93. The molecule has 0 saturated carbocycles. The number of carbonyl (C=O) groups excluding carboxylic acids is 1. The minimum atomic E-state index is -0.00509. The van der Waals surface area contributed by atoms with Crippen LogP contribution in [0.25, 0.3) is 22.2 Å². The molecule has 1 aliphatic rings. The van der Waals surface area contributed by atoms with Gasteiger partial charge in [-0.2, -0.15) is 0 Å².